The van der Waals surface area contributed by atoms with E-state index < -0.39 is 41.9 Å². The summed E-state index contributed by atoms with van der Waals surface area (Å²) >= 11 is 0. The van der Waals surface area contributed by atoms with E-state index in [-0.39, 0.29) is 16.9 Å². The Kier molecular flexibility index (Phi) is 5.25. The lowest BCUT2D eigenvalue weighted by atomic mass is 10.2. The molecule has 142 valence electrons. The number of ether oxygens (including phenoxy) is 1. The number of carbonyl (C=O) groups is 4. The van der Waals surface area contributed by atoms with Crippen molar-refractivity contribution in [3.63, 3.8) is 0 Å². The topological polar surface area (TPSA) is 92.8 Å². The predicted octanol–water partition coefficient (Wildman–Crippen LogP) is 2.19. The van der Waals surface area contributed by atoms with Gasteiger partial charge in [0, 0.05) is 18.2 Å². The highest BCUT2D eigenvalue weighted by atomic mass is 19.1. The molecule has 0 fully saturated rings. The molecule has 1 aliphatic rings. The van der Waals surface area contributed by atoms with E-state index in [1.54, 1.807) is 0 Å². The van der Waals surface area contributed by atoms with Crippen LogP contribution in [0.5, 0.6) is 0 Å². The van der Waals surface area contributed by atoms with Crippen LogP contribution in [0.4, 0.5) is 20.2 Å². The molecule has 0 saturated carbocycles. The van der Waals surface area contributed by atoms with Gasteiger partial charge in [0.1, 0.15) is 11.6 Å². The summed E-state index contributed by atoms with van der Waals surface area (Å²) in [6, 6.07) is 8.15. The van der Waals surface area contributed by atoms with Crippen LogP contribution in [-0.4, -0.2) is 30.3 Å². The summed E-state index contributed by atoms with van der Waals surface area (Å²) in [5.41, 5.74) is -0.0824. The number of halogens is 2. The number of amides is 3. The lowest BCUT2D eigenvalue weighted by Gasteiger charge is -2.14. The Morgan fingerprint density at radius 1 is 1.00 bits per heavy atom. The molecule has 7 nitrogen and oxygen atoms in total. The summed E-state index contributed by atoms with van der Waals surface area (Å²) in [7, 11) is 0. The molecule has 0 spiro atoms. The number of rotatable bonds is 5. The Bertz CT molecular complexity index is 1000. The average molecular weight is 386 g/mol. The molecule has 3 amide bonds. The molecular formula is C19H12F2N2O5. The van der Waals surface area contributed by atoms with Crippen LogP contribution in [0.15, 0.2) is 54.6 Å². The summed E-state index contributed by atoms with van der Waals surface area (Å²) in [6.07, 6.45) is 2.21. The van der Waals surface area contributed by atoms with Crippen LogP contribution in [0.1, 0.15) is 10.4 Å². The van der Waals surface area contributed by atoms with Gasteiger partial charge in [-0.25, -0.2) is 18.5 Å². The standard InChI is InChI=1S/C19H12F2N2O5/c20-12-4-5-15(14(21)9-12)22-16(24)10-28-19(27)11-2-1-3-13(8-11)23-17(25)6-7-18(23)26/h1-9H,10H2,(H,22,24). The number of carbonyl (C=O) groups excluding carboxylic acids is 4. The van der Waals surface area contributed by atoms with Crippen molar-refractivity contribution in [3.05, 3.63) is 71.8 Å². The van der Waals surface area contributed by atoms with E-state index in [4.69, 9.17) is 4.74 Å². The summed E-state index contributed by atoms with van der Waals surface area (Å²) in [6.45, 7) is -0.719. The first kappa shape index (κ1) is 18.9. The first-order valence-corrected chi connectivity index (χ1v) is 7.93. The van der Waals surface area contributed by atoms with Gasteiger partial charge in [-0.1, -0.05) is 6.07 Å². The van der Waals surface area contributed by atoms with Crippen LogP contribution in [0.25, 0.3) is 0 Å². The Balaban J connectivity index is 1.62. The summed E-state index contributed by atoms with van der Waals surface area (Å²) in [5.74, 6) is -4.58. The average Bonchev–Trinajstić information content (AvgIpc) is 3.00. The maximum Gasteiger partial charge on any atom is 0.338 e. The Morgan fingerprint density at radius 3 is 2.39 bits per heavy atom. The highest BCUT2D eigenvalue weighted by Gasteiger charge is 2.25. The van der Waals surface area contributed by atoms with Crippen LogP contribution < -0.4 is 10.2 Å². The van der Waals surface area contributed by atoms with Crippen molar-refractivity contribution in [2.45, 2.75) is 0 Å². The molecule has 1 aliphatic heterocycles. The number of nitrogens with one attached hydrogen (secondary N) is 1. The summed E-state index contributed by atoms with van der Waals surface area (Å²) < 4.78 is 31.2. The number of imide groups is 1. The molecule has 0 unspecified atom stereocenters. The van der Waals surface area contributed by atoms with Gasteiger partial charge in [-0.2, -0.15) is 0 Å². The fourth-order valence-corrected chi connectivity index (χ4v) is 2.42. The first-order chi connectivity index (χ1) is 13.3. The van der Waals surface area contributed by atoms with Crippen LogP contribution in [-0.2, 0) is 19.1 Å². The van der Waals surface area contributed by atoms with E-state index in [0.29, 0.717) is 6.07 Å². The molecule has 0 atom stereocenters. The zero-order valence-corrected chi connectivity index (χ0v) is 14.1. The van der Waals surface area contributed by atoms with Crippen molar-refractivity contribution in [1.82, 2.24) is 0 Å². The third-order valence-corrected chi connectivity index (χ3v) is 3.69. The smallest absolute Gasteiger partial charge is 0.338 e. The van der Waals surface area contributed by atoms with Crippen LogP contribution in [0, 0.1) is 11.6 Å². The van der Waals surface area contributed by atoms with E-state index in [9.17, 15) is 28.0 Å². The van der Waals surface area contributed by atoms with Crippen molar-refractivity contribution in [1.29, 1.82) is 0 Å². The Labute approximate surface area is 157 Å². The second-order valence-corrected chi connectivity index (χ2v) is 5.64. The molecule has 2 aromatic rings. The zero-order valence-electron chi connectivity index (χ0n) is 14.1. The molecule has 0 aliphatic carbocycles. The van der Waals surface area contributed by atoms with Gasteiger partial charge in [-0.05, 0) is 30.3 Å². The molecule has 9 heteroatoms. The molecule has 0 saturated heterocycles. The normalized spacial score (nSPS) is 13.0. The second-order valence-electron chi connectivity index (χ2n) is 5.64. The molecule has 3 rings (SSSR count). The lowest BCUT2D eigenvalue weighted by molar-refractivity contribution is -0.120. The van der Waals surface area contributed by atoms with E-state index in [2.05, 4.69) is 5.32 Å². The maximum atomic E-state index is 13.5. The van der Waals surface area contributed by atoms with Gasteiger partial charge in [0.15, 0.2) is 6.61 Å². The van der Waals surface area contributed by atoms with Gasteiger partial charge in [-0.3, -0.25) is 14.4 Å². The lowest BCUT2D eigenvalue weighted by Crippen LogP contribution is -2.29. The number of hydrogen-bond acceptors (Lipinski definition) is 5. The largest absolute Gasteiger partial charge is 0.452 e. The summed E-state index contributed by atoms with van der Waals surface area (Å²) in [4.78, 5) is 48.2. The van der Waals surface area contributed by atoms with Crippen LogP contribution >= 0.6 is 0 Å². The Morgan fingerprint density at radius 2 is 1.71 bits per heavy atom. The molecule has 1 N–H and O–H groups in total. The number of benzene rings is 2. The molecule has 0 aromatic heterocycles. The quantitative estimate of drug-likeness (QED) is 0.628. The first-order valence-electron chi connectivity index (χ1n) is 7.93. The van der Waals surface area contributed by atoms with Gasteiger partial charge in [0.2, 0.25) is 0 Å². The maximum absolute atomic E-state index is 13.5. The number of esters is 1. The van der Waals surface area contributed by atoms with Gasteiger partial charge in [0.05, 0.1) is 16.9 Å². The van der Waals surface area contributed by atoms with Crippen LogP contribution in [0.3, 0.4) is 0 Å². The van der Waals surface area contributed by atoms with E-state index >= 15 is 0 Å². The van der Waals surface area contributed by atoms with Crippen molar-refractivity contribution in [3.8, 4) is 0 Å². The molecule has 2 aromatic carbocycles. The Hall–Kier alpha value is -3.88. The predicted molar refractivity (Wildman–Crippen MR) is 93.3 cm³/mol. The van der Waals surface area contributed by atoms with E-state index in [0.717, 1.165) is 29.2 Å². The van der Waals surface area contributed by atoms with Gasteiger partial charge >= 0.3 is 5.97 Å². The number of nitrogens with zero attached hydrogens (tertiary/aromatic N) is 1. The van der Waals surface area contributed by atoms with Crippen molar-refractivity contribution < 1.29 is 32.7 Å². The summed E-state index contributed by atoms with van der Waals surface area (Å²) in [5, 5.41) is 2.15. The van der Waals surface area contributed by atoms with E-state index in [1.807, 2.05) is 0 Å². The highest BCUT2D eigenvalue weighted by molar-refractivity contribution is 6.28. The van der Waals surface area contributed by atoms with E-state index in [1.165, 1.54) is 24.3 Å². The third kappa shape index (κ3) is 4.09. The third-order valence-electron chi connectivity index (χ3n) is 3.69. The SMILES string of the molecule is O=C(COC(=O)c1cccc(N2C(=O)C=CC2=O)c1)Nc1ccc(F)cc1F. The minimum Gasteiger partial charge on any atom is -0.452 e. The monoisotopic (exact) mass is 386 g/mol. The fraction of sp³-hybridized carbons (Fsp3) is 0.0526. The van der Waals surface area contributed by atoms with Gasteiger partial charge < -0.3 is 10.1 Å². The fourth-order valence-electron chi connectivity index (χ4n) is 2.42. The second kappa shape index (κ2) is 7.78. The van der Waals surface area contributed by atoms with Gasteiger partial charge in [0.25, 0.3) is 17.7 Å². The minimum atomic E-state index is -0.971. The number of hydrogen-bond donors (Lipinski definition) is 1. The molecule has 28 heavy (non-hydrogen) atoms. The van der Waals surface area contributed by atoms with Crippen LogP contribution in [0.2, 0.25) is 0 Å². The molecular weight excluding hydrogens is 374 g/mol. The van der Waals surface area contributed by atoms with Crippen molar-refractivity contribution in [2.24, 2.45) is 0 Å². The molecule has 1 heterocycles. The zero-order chi connectivity index (χ0) is 20.3. The van der Waals surface area contributed by atoms with Gasteiger partial charge in [-0.15, -0.1) is 0 Å². The van der Waals surface area contributed by atoms with Crippen molar-refractivity contribution in [2.75, 3.05) is 16.8 Å². The minimum absolute atomic E-state index is 0.00534. The highest BCUT2D eigenvalue weighted by Crippen LogP contribution is 2.21. The van der Waals surface area contributed by atoms with Crippen molar-refractivity contribution >= 4 is 35.1 Å². The molecule has 0 radical (unpaired) electrons. The number of anilines is 2. The molecule has 0 bridgehead atoms.